The van der Waals surface area contributed by atoms with Gasteiger partial charge in [-0.15, -0.1) is 0 Å². The van der Waals surface area contributed by atoms with Gasteiger partial charge in [-0.2, -0.15) is 0 Å². The molecule has 4 nitrogen and oxygen atoms in total. The van der Waals surface area contributed by atoms with Crippen LogP contribution in [-0.2, 0) is 9.53 Å². The number of ether oxygens (including phenoxy) is 1. The minimum atomic E-state index is -0.199. The van der Waals surface area contributed by atoms with Crippen LogP contribution >= 0.6 is 12.2 Å². The van der Waals surface area contributed by atoms with Crippen molar-refractivity contribution < 1.29 is 9.53 Å². The van der Waals surface area contributed by atoms with E-state index in [-0.39, 0.29) is 12.0 Å². The van der Waals surface area contributed by atoms with E-state index in [9.17, 15) is 4.79 Å². The molecule has 0 amide bonds. The highest BCUT2D eigenvalue weighted by Gasteiger charge is 2.33. The molecular weight excluding hydrogens is 260 g/mol. The second-order valence-corrected chi connectivity index (χ2v) is 5.66. The number of carbonyl (C=O) groups is 1. The lowest BCUT2D eigenvalue weighted by Crippen LogP contribution is -2.50. The smallest absolute Gasteiger partial charge is 0.323 e. The third-order valence-corrected chi connectivity index (χ3v) is 3.78. The van der Waals surface area contributed by atoms with Crippen molar-refractivity contribution >= 4 is 23.2 Å². The monoisotopic (exact) mass is 286 g/mol. The highest BCUT2D eigenvalue weighted by molar-refractivity contribution is 7.80. The highest BCUT2D eigenvalue weighted by atomic mass is 32.1. The molecule has 1 atom stereocenters. The third kappa shape index (κ3) is 5.07. The summed E-state index contributed by atoms with van der Waals surface area (Å²) >= 11 is 5.05. The van der Waals surface area contributed by atoms with Gasteiger partial charge in [0.15, 0.2) is 0 Å². The molecule has 1 aliphatic carbocycles. The number of rotatable bonds is 8. The van der Waals surface area contributed by atoms with E-state index in [1.54, 1.807) is 0 Å². The normalized spacial score (nSPS) is 17.6. The van der Waals surface area contributed by atoms with Gasteiger partial charge < -0.3 is 10.5 Å². The van der Waals surface area contributed by atoms with Gasteiger partial charge in [0.25, 0.3) is 0 Å². The number of thiocarbonyl (C=S) groups is 1. The van der Waals surface area contributed by atoms with E-state index in [0.717, 1.165) is 25.7 Å². The molecular formula is C14H26N2O2S. The van der Waals surface area contributed by atoms with Gasteiger partial charge in [0.05, 0.1) is 11.6 Å². The summed E-state index contributed by atoms with van der Waals surface area (Å²) in [6.07, 6.45) is 6.45. The first kappa shape index (κ1) is 16.4. The summed E-state index contributed by atoms with van der Waals surface area (Å²) in [5.74, 6) is -0.132. The largest absolute Gasteiger partial charge is 0.465 e. The average Bonchev–Trinajstić information content (AvgIpc) is 2.87. The topological polar surface area (TPSA) is 55.6 Å². The van der Waals surface area contributed by atoms with Crippen LogP contribution in [0.15, 0.2) is 0 Å². The molecule has 1 saturated carbocycles. The van der Waals surface area contributed by atoms with E-state index in [0.29, 0.717) is 24.2 Å². The molecule has 110 valence electrons. The average molecular weight is 286 g/mol. The van der Waals surface area contributed by atoms with E-state index in [4.69, 9.17) is 22.7 Å². The van der Waals surface area contributed by atoms with Gasteiger partial charge in [0.1, 0.15) is 6.04 Å². The van der Waals surface area contributed by atoms with Crippen molar-refractivity contribution in [3.8, 4) is 0 Å². The fourth-order valence-corrected chi connectivity index (χ4v) is 2.99. The van der Waals surface area contributed by atoms with Crippen LogP contribution in [0, 0.1) is 0 Å². The number of hydrogen-bond donors (Lipinski definition) is 1. The van der Waals surface area contributed by atoms with Crippen molar-refractivity contribution in [2.75, 3.05) is 13.2 Å². The first-order valence-electron chi connectivity index (χ1n) is 7.30. The number of nitrogens with zero attached hydrogens (tertiary/aromatic N) is 1. The SMILES string of the molecule is CCCC(C(=O)OCC)N(CC(N)=S)C1CCCC1. The zero-order chi connectivity index (χ0) is 14.3. The van der Waals surface area contributed by atoms with Gasteiger partial charge in [0.2, 0.25) is 0 Å². The molecule has 0 radical (unpaired) electrons. The van der Waals surface area contributed by atoms with Gasteiger partial charge in [-0.05, 0) is 26.2 Å². The van der Waals surface area contributed by atoms with E-state index in [2.05, 4.69) is 11.8 Å². The Bertz CT molecular complexity index is 304. The Morgan fingerprint density at radius 1 is 1.42 bits per heavy atom. The van der Waals surface area contributed by atoms with Crippen molar-refractivity contribution in [2.45, 2.75) is 64.5 Å². The lowest BCUT2D eigenvalue weighted by Gasteiger charge is -2.34. The Balaban J connectivity index is 2.81. The Morgan fingerprint density at radius 2 is 2.05 bits per heavy atom. The van der Waals surface area contributed by atoms with Crippen LogP contribution in [0.4, 0.5) is 0 Å². The lowest BCUT2D eigenvalue weighted by atomic mass is 10.1. The molecule has 0 bridgehead atoms. The Morgan fingerprint density at radius 3 is 2.53 bits per heavy atom. The van der Waals surface area contributed by atoms with Crippen LogP contribution < -0.4 is 5.73 Å². The van der Waals surface area contributed by atoms with E-state index < -0.39 is 0 Å². The van der Waals surface area contributed by atoms with Crippen molar-refractivity contribution in [2.24, 2.45) is 5.73 Å². The third-order valence-electron chi connectivity index (χ3n) is 3.65. The number of carbonyl (C=O) groups excluding carboxylic acids is 1. The summed E-state index contributed by atoms with van der Waals surface area (Å²) in [5, 5.41) is 0. The van der Waals surface area contributed by atoms with Crippen LogP contribution in [-0.4, -0.2) is 41.1 Å². The minimum Gasteiger partial charge on any atom is -0.465 e. The van der Waals surface area contributed by atoms with Gasteiger partial charge >= 0.3 is 5.97 Å². The number of nitrogens with two attached hydrogens (primary N) is 1. The molecule has 2 N–H and O–H groups in total. The van der Waals surface area contributed by atoms with Crippen LogP contribution in [0.2, 0.25) is 0 Å². The molecule has 1 unspecified atom stereocenters. The number of esters is 1. The molecule has 0 saturated heterocycles. The first-order chi connectivity index (χ1) is 9.10. The second-order valence-electron chi connectivity index (χ2n) is 5.13. The summed E-state index contributed by atoms with van der Waals surface area (Å²) in [4.78, 5) is 14.8. The molecule has 0 aromatic carbocycles. The molecule has 0 spiro atoms. The lowest BCUT2D eigenvalue weighted by molar-refractivity contribution is -0.150. The van der Waals surface area contributed by atoms with Crippen molar-refractivity contribution in [3.05, 3.63) is 0 Å². The summed E-state index contributed by atoms with van der Waals surface area (Å²) in [6, 6.07) is 0.219. The maximum atomic E-state index is 12.2. The summed E-state index contributed by atoms with van der Waals surface area (Å²) in [6.45, 7) is 4.86. The van der Waals surface area contributed by atoms with Gasteiger partial charge in [0, 0.05) is 12.6 Å². The molecule has 0 aromatic rings. The quantitative estimate of drug-likeness (QED) is 0.548. The standard InChI is InChI=1S/C14H26N2O2S/c1-3-7-12(14(17)18-4-2)16(10-13(15)19)11-8-5-6-9-11/h11-12H,3-10H2,1-2H3,(H2,15,19). The predicted octanol–water partition coefficient (Wildman–Crippen LogP) is 2.25. The molecule has 0 aromatic heterocycles. The molecule has 19 heavy (non-hydrogen) atoms. The maximum absolute atomic E-state index is 12.2. The first-order valence-corrected chi connectivity index (χ1v) is 7.71. The molecule has 1 fully saturated rings. The molecule has 0 aliphatic heterocycles. The second kappa shape index (κ2) is 8.48. The van der Waals surface area contributed by atoms with Crippen LogP contribution in [0.5, 0.6) is 0 Å². The summed E-state index contributed by atoms with van der Waals surface area (Å²) in [5.41, 5.74) is 5.71. The fraction of sp³-hybridized carbons (Fsp3) is 0.857. The van der Waals surface area contributed by atoms with Crippen LogP contribution in [0.1, 0.15) is 52.4 Å². The highest BCUT2D eigenvalue weighted by Crippen LogP contribution is 2.26. The number of hydrogen-bond acceptors (Lipinski definition) is 4. The molecule has 5 heteroatoms. The Hall–Kier alpha value is -0.680. The van der Waals surface area contributed by atoms with E-state index in [1.807, 2.05) is 6.92 Å². The zero-order valence-electron chi connectivity index (χ0n) is 12.1. The van der Waals surface area contributed by atoms with Gasteiger partial charge in [-0.3, -0.25) is 9.69 Å². The van der Waals surface area contributed by atoms with Crippen molar-refractivity contribution in [1.82, 2.24) is 4.90 Å². The van der Waals surface area contributed by atoms with Crippen LogP contribution in [0.25, 0.3) is 0 Å². The minimum absolute atomic E-state index is 0.132. The molecule has 0 heterocycles. The predicted molar refractivity (Wildman–Crippen MR) is 81.1 cm³/mol. The Kier molecular flexibility index (Phi) is 7.31. The Labute approximate surface area is 121 Å². The van der Waals surface area contributed by atoms with Gasteiger partial charge in [-0.1, -0.05) is 38.4 Å². The summed E-state index contributed by atoms with van der Waals surface area (Å²) in [7, 11) is 0. The molecule has 1 aliphatic rings. The van der Waals surface area contributed by atoms with Gasteiger partial charge in [-0.25, -0.2) is 0 Å². The van der Waals surface area contributed by atoms with Crippen molar-refractivity contribution in [1.29, 1.82) is 0 Å². The zero-order valence-corrected chi connectivity index (χ0v) is 12.9. The maximum Gasteiger partial charge on any atom is 0.323 e. The molecule has 1 rings (SSSR count). The van der Waals surface area contributed by atoms with E-state index >= 15 is 0 Å². The van der Waals surface area contributed by atoms with Crippen LogP contribution in [0.3, 0.4) is 0 Å². The van der Waals surface area contributed by atoms with E-state index in [1.165, 1.54) is 12.8 Å². The van der Waals surface area contributed by atoms with Crippen molar-refractivity contribution in [3.63, 3.8) is 0 Å². The summed E-state index contributed by atoms with van der Waals surface area (Å²) < 4.78 is 5.21. The fourth-order valence-electron chi connectivity index (χ4n) is 2.84.